The van der Waals surface area contributed by atoms with Gasteiger partial charge in [-0.05, 0) is 6.92 Å². The maximum atomic E-state index is 11.3. The maximum absolute atomic E-state index is 11.3. The largest absolute Gasteiger partial charge is 0.456 e. The molecule has 0 bridgehead atoms. The summed E-state index contributed by atoms with van der Waals surface area (Å²) in [4.78, 5) is 33.7. The molecule has 0 unspecified atom stereocenters. The molecule has 1 rings (SSSR count). The third kappa shape index (κ3) is 4.68. The van der Waals surface area contributed by atoms with Crippen molar-refractivity contribution in [3.8, 4) is 0 Å². The quantitative estimate of drug-likeness (QED) is 0.535. The van der Waals surface area contributed by atoms with Crippen molar-refractivity contribution in [2.75, 3.05) is 7.11 Å². The zero-order chi connectivity index (χ0) is 16.2. The predicted molar refractivity (Wildman–Crippen MR) is 68.0 cm³/mol. The molecule has 0 aromatic heterocycles. The van der Waals surface area contributed by atoms with Gasteiger partial charge >= 0.3 is 17.9 Å². The molecule has 0 aromatic carbocycles. The number of hydrogen-bond acceptors (Lipinski definition) is 8. The first kappa shape index (κ1) is 17.4. The SMILES string of the molecule is CO[C@@H]1O[C@H](C)[C@H](OC(C)=O)[C@H](OC(C)=O)[C@@H]1OC(C)=O. The van der Waals surface area contributed by atoms with Crippen LogP contribution in [0.5, 0.6) is 0 Å². The van der Waals surface area contributed by atoms with Crippen molar-refractivity contribution in [3.05, 3.63) is 0 Å². The van der Waals surface area contributed by atoms with Crippen molar-refractivity contribution < 1.29 is 38.1 Å². The summed E-state index contributed by atoms with van der Waals surface area (Å²) in [7, 11) is 1.37. The first-order valence-corrected chi connectivity index (χ1v) is 6.46. The fraction of sp³-hybridized carbons (Fsp3) is 0.769. The number of methoxy groups -OCH3 is 1. The normalized spacial score (nSPS) is 32.1. The van der Waals surface area contributed by atoms with Crippen LogP contribution in [-0.4, -0.2) is 55.7 Å². The van der Waals surface area contributed by atoms with Crippen LogP contribution < -0.4 is 0 Å². The van der Waals surface area contributed by atoms with Gasteiger partial charge in [0.2, 0.25) is 0 Å². The lowest BCUT2D eigenvalue weighted by molar-refractivity contribution is -0.294. The molecule has 0 spiro atoms. The number of carbonyl (C=O) groups is 3. The van der Waals surface area contributed by atoms with Gasteiger partial charge in [0.1, 0.15) is 0 Å². The summed E-state index contributed by atoms with van der Waals surface area (Å²) in [5.41, 5.74) is 0. The van der Waals surface area contributed by atoms with Gasteiger partial charge in [-0.3, -0.25) is 14.4 Å². The van der Waals surface area contributed by atoms with Crippen molar-refractivity contribution in [1.82, 2.24) is 0 Å². The van der Waals surface area contributed by atoms with E-state index in [1.807, 2.05) is 0 Å². The molecule has 1 aliphatic heterocycles. The summed E-state index contributed by atoms with van der Waals surface area (Å²) in [6.07, 6.45) is -4.47. The number of hydrogen-bond donors (Lipinski definition) is 0. The third-order valence-electron chi connectivity index (χ3n) is 2.87. The lowest BCUT2D eigenvalue weighted by Gasteiger charge is -2.42. The first-order valence-electron chi connectivity index (χ1n) is 6.46. The Morgan fingerprint density at radius 3 is 1.67 bits per heavy atom. The van der Waals surface area contributed by atoms with Gasteiger partial charge in [-0.1, -0.05) is 0 Å². The molecule has 0 saturated carbocycles. The highest BCUT2D eigenvalue weighted by atomic mass is 16.7. The Kier molecular flexibility index (Phi) is 6.10. The number of rotatable bonds is 4. The predicted octanol–water partition coefficient (Wildman–Crippen LogP) is 0.173. The van der Waals surface area contributed by atoms with Crippen LogP contribution in [-0.2, 0) is 38.1 Å². The third-order valence-corrected chi connectivity index (χ3v) is 2.87. The zero-order valence-electron chi connectivity index (χ0n) is 12.7. The lowest BCUT2D eigenvalue weighted by atomic mass is 9.99. The molecule has 0 aliphatic carbocycles. The molecule has 0 aromatic rings. The molecule has 0 amide bonds. The van der Waals surface area contributed by atoms with E-state index < -0.39 is 48.6 Å². The summed E-state index contributed by atoms with van der Waals surface area (Å²) in [6, 6.07) is 0. The molecule has 1 aliphatic rings. The van der Waals surface area contributed by atoms with Gasteiger partial charge in [-0.25, -0.2) is 0 Å². The van der Waals surface area contributed by atoms with Gasteiger partial charge in [0.25, 0.3) is 0 Å². The smallest absolute Gasteiger partial charge is 0.303 e. The summed E-state index contributed by atoms with van der Waals surface area (Å²) in [5, 5.41) is 0. The molecule has 1 heterocycles. The van der Waals surface area contributed by atoms with Crippen LogP contribution in [0.25, 0.3) is 0 Å². The van der Waals surface area contributed by atoms with Crippen LogP contribution in [0.1, 0.15) is 27.7 Å². The van der Waals surface area contributed by atoms with Crippen LogP contribution in [0.2, 0.25) is 0 Å². The van der Waals surface area contributed by atoms with Gasteiger partial charge in [0.15, 0.2) is 24.6 Å². The van der Waals surface area contributed by atoms with E-state index in [9.17, 15) is 14.4 Å². The average molecular weight is 304 g/mol. The fourth-order valence-corrected chi connectivity index (χ4v) is 2.16. The molecule has 8 nitrogen and oxygen atoms in total. The average Bonchev–Trinajstić information content (AvgIpc) is 2.35. The Morgan fingerprint density at radius 2 is 1.24 bits per heavy atom. The topological polar surface area (TPSA) is 97.4 Å². The summed E-state index contributed by atoms with van der Waals surface area (Å²) in [6.45, 7) is 5.27. The van der Waals surface area contributed by atoms with E-state index >= 15 is 0 Å². The Morgan fingerprint density at radius 1 is 0.810 bits per heavy atom. The van der Waals surface area contributed by atoms with Crippen LogP contribution in [0.3, 0.4) is 0 Å². The Hall–Kier alpha value is -1.67. The Bertz CT molecular complexity index is 407. The second-order valence-corrected chi connectivity index (χ2v) is 4.67. The van der Waals surface area contributed by atoms with Gasteiger partial charge in [0, 0.05) is 27.9 Å². The zero-order valence-corrected chi connectivity index (χ0v) is 12.7. The standard InChI is InChI=1S/C13H20O8/c1-6-10(19-7(2)14)11(20-8(3)15)12(21-9(4)16)13(17-5)18-6/h6,10-13H,1-5H3/t6-,10+,11+,12+,13-/m1/s1. The maximum Gasteiger partial charge on any atom is 0.303 e. The van der Waals surface area contributed by atoms with Crippen molar-refractivity contribution in [1.29, 1.82) is 0 Å². The van der Waals surface area contributed by atoms with Crippen molar-refractivity contribution in [2.24, 2.45) is 0 Å². The molecular formula is C13H20O8. The minimum absolute atomic E-state index is 0.565. The molecule has 1 fully saturated rings. The Labute approximate surface area is 122 Å². The molecular weight excluding hydrogens is 284 g/mol. The molecule has 8 heteroatoms. The summed E-state index contributed by atoms with van der Waals surface area (Å²) in [5.74, 6) is -1.76. The highest BCUT2D eigenvalue weighted by Crippen LogP contribution is 2.28. The molecule has 120 valence electrons. The van der Waals surface area contributed by atoms with Gasteiger partial charge < -0.3 is 23.7 Å². The van der Waals surface area contributed by atoms with E-state index in [0.29, 0.717) is 0 Å². The minimum Gasteiger partial charge on any atom is -0.456 e. The van der Waals surface area contributed by atoms with E-state index in [1.54, 1.807) is 6.92 Å². The van der Waals surface area contributed by atoms with Gasteiger partial charge in [-0.2, -0.15) is 0 Å². The number of ether oxygens (including phenoxy) is 5. The molecule has 1 saturated heterocycles. The molecule has 0 N–H and O–H groups in total. The van der Waals surface area contributed by atoms with Gasteiger partial charge in [-0.15, -0.1) is 0 Å². The van der Waals surface area contributed by atoms with E-state index in [-0.39, 0.29) is 0 Å². The van der Waals surface area contributed by atoms with Crippen molar-refractivity contribution in [3.63, 3.8) is 0 Å². The fourth-order valence-electron chi connectivity index (χ4n) is 2.16. The number of esters is 3. The van der Waals surface area contributed by atoms with Crippen LogP contribution >= 0.6 is 0 Å². The van der Waals surface area contributed by atoms with Crippen LogP contribution in [0.15, 0.2) is 0 Å². The van der Waals surface area contributed by atoms with E-state index in [2.05, 4.69) is 0 Å². The lowest BCUT2D eigenvalue weighted by Crippen LogP contribution is -2.60. The Balaban J connectivity index is 3.08. The van der Waals surface area contributed by atoms with E-state index in [4.69, 9.17) is 23.7 Å². The number of carbonyl (C=O) groups excluding carboxylic acids is 3. The summed E-state index contributed by atoms with van der Waals surface area (Å²) < 4.78 is 26.0. The van der Waals surface area contributed by atoms with E-state index in [0.717, 1.165) is 0 Å². The summed E-state index contributed by atoms with van der Waals surface area (Å²) >= 11 is 0. The highest BCUT2D eigenvalue weighted by Gasteiger charge is 2.50. The second kappa shape index (κ2) is 7.37. The van der Waals surface area contributed by atoms with Crippen LogP contribution in [0.4, 0.5) is 0 Å². The first-order chi connectivity index (χ1) is 9.76. The second-order valence-electron chi connectivity index (χ2n) is 4.67. The monoisotopic (exact) mass is 304 g/mol. The van der Waals surface area contributed by atoms with Crippen LogP contribution in [0, 0.1) is 0 Å². The highest BCUT2D eigenvalue weighted by molar-refractivity contribution is 5.68. The van der Waals surface area contributed by atoms with Crippen molar-refractivity contribution >= 4 is 17.9 Å². The van der Waals surface area contributed by atoms with Gasteiger partial charge in [0.05, 0.1) is 6.10 Å². The molecule has 5 atom stereocenters. The molecule has 0 radical (unpaired) electrons. The molecule has 21 heavy (non-hydrogen) atoms. The minimum atomic E-state index is -1.03. The van der Waals surface area contributed by atoms with E-state index in [1.165, 1.54) is 27.9 Å². The van der Waals surface area contributed by atoms with Crippen molar-refractivity contribution in [2.45, 2.75) is 58.4 Å².